The number of benzene rings is 7. The van der Waals surface area contributed by atoms with Crippen molar-refractivity contribution >= 4 is 32.3 Å². The molecule has 0 bridgehead atoms. The van der Waals surface area contributed by atoms with Crippen LogP contribution in [0.3, 0.4) is 0 Å². The average molecular weight is 474 g/mol. The molecule has 7 rings (SSSR count). The van der Waals surface area contributed by atoms with E-state index in [-0.39, 0.29) is 5.56 Å². The van der Waals surface area contributed by atoms with Crippen molar-refractivity contribution in [2.45, 2.75) is 0 Å². The van der Waals surface area contributed by atoms with E-state index in [1.165, 1.54) is 0 Å². The van der Waals surface area contributed by atoms with Crippen molar-refractivity contribution in [3.63, 3.8) is 0 Å². The molecule has 0 heteroatoms. The van der Waals surface area contributed by atoms with Crippen molar-refractivity contribution in [2.75, 3.05) is 0 Å². The summed E-state index contributed by atoms with van der Waals surface area (Å²) in [6.45, 7) is 0. The van der Waals surface area contributed by atoms with Crippen LogP contribution >= 0.6 is 0 Å². The molecule has 0 atom stereocenters. The molecule has 168 valence electrons. The van der Waals surface area contributed by atoms with Crippen LogP contribution in [0.1, 0.15) is 23.3 Å². The SMILES string of the molecule is [2H]c1c([2H])c([2H])c(-c2c3c([2H])c([2H])c([2H])c([2H])c3c(-c3c([2H])c([2H])c(-c4ccc5ccccc5c4)c([2H])c3[2H])c3c([2H])c([2H])c([2H])c([2H])c23)c([2H])c1[2H]. The molecule has 0 saturated heterocycles. The van der Waals surface area contributed by atoms with Gasteiger partial charge in [0.05, 0.1) is 23.3 Å². The maximum atomic E-state index is 9.27. The molecule has 0 N–H and O–H groups in total. The Morgan fingerprint density at radius 1 is 0.361 bits per heavy atom. The van der Waals surface area contributed by atoms with Gasteiger partial charge in [-0.05, 0) is 71.8 Å². The Labute approximate surface area is 235 Å². The van der Waals surface area contributed by atoms with E-state index in [1.807, 2.05) is 18.2 Å². The van der Waals surface area contributed by atoms with E-state index >= 15 is 0 Å². The van der Waals surface area contributed by atoms with Crippen LogP contribution in [-0.2, 0) is 0 Å². The van der Waals surface area contributed by atoms with Gasteiger partial charge in [0.2, 0.25) is 0 Å². The summed E-state index contributed by atoms with van der Waals surface area (Å²) in [6.07, 6.45) is 0. The fourth-order valence-corrected chi connectivity index (χ4v) is 4.43. The highest BCUT2D eigenvalue weighted by Crippen LogP contribution is 2.43. The van der Waals surface area contributed by atoms with Crippen LogP contribution in [0, 0.1) is 0 Å². The number of hydrogen-bond acceptors (Lipinski definition) is 0. The molecule has 0 nitrogen and oxygen atoms in total. The van der Waals surface area contributed by atoms with Gasteiger partial charge < -0.3 is 0 Å². The number of hydrogen-bond donors (Lipinski definition) is 0. The maximum Gasteiger partial charge on any atom is 0.0629 e. The molecule has 0 saturated carbocycles. The van der Waals surface area contributed by atoms with Gasteiger partial charge in [-0.1, -0.05) is 139 Å². The molecular weight excluding hydrogens is 432 g/mol. The molecule has 0 fully saturated rings. The largest absolute Gasteiger partial charge is 0.0629 e. The molecule has 0 aliphatic carbocycles. The van der Waals surface area contributed by atoms with Crippen molar-refractivity contribution in [1.82, 2.24) is 0 Å². The van der Waals surface area contributed by atoms with Crippen LogP contribution in [0.5, 0.6) is 0 Å². The smallest absolute Gasteiger partial charge is 0.0622 e. The van der Waals surface area contributed by atoms with Gasteiger partial charge in [0, 0.05) is 0 Å². The van der Waals surface area contributed by atoms with Crippen molar-refractivity contribution in [3.8, 4) is 33.4 Å². The minimum absolute atomic E-state index is 0.0809. The first-order valence-corrected chi connectivity index (χ1v) is 11.1. The van der Waals surface area contributed by atoms with Gasteiger partial charge in [0.25, 0.3) is 0 Å². The molecular formula is C36H24. The van der Waals surface area contributed by atoms with Crippen LogP contribution in [-0.4, -0.2) is 0 Å². The maximum absolute atomic E-state index is 9.27. The quantitative estimate of drug-likeness (QED) is 0.224. The lowest BCUT2D eigenvalue weighted by Gasteiger charge is -2.18. The summed E-state index contributed by atoms with van der Waals surface area (Å²) in [7, 11) is 0. The van der Waals surface area contributed by atoms with Gasteiger partial charge in [-0.25, -0.2) is 0 Å². The van der Waals surface area contributed by atoms with E-state index in [0.717, 1.165) is 10.8 Å². The molecule has 0 amide bonds. The molecule has 0 aliphatic heterocycles. The Balaban J connectivity index is 1.79. The Morgan fingerprint density at radius 2 is 0.833 bits per heavy atom. The molecule has 0 unspecified atom stereocenters. The first-order chi connectivity index (χ1) is 24.9. The first kappa shape index (κ1) is 9.76. The third-order valence-corrected chi connectivity index (χ3v) is 6.04. The fourth-order valence-electron chi connectivity index (χ4n) is 4.43. The van der Waals surface area contributed by atoms with E-state index < -0.39 is 147 Å². The van der Waals surface area contributed by atoms with Gasteiger partial charge in [-0.2, -0.15) is 0 Å². The second kappa shape index (κ2) is 8.52. The van der Waals surface area contributed by atoms with Gasteiger partial charge in [0.1, 0.15) is 0 Å². The van der Waals surface area contributed by atoms with Gasteiger partial charge in [-0.3, -0.25) is 0 Å². The molecule has 0 heterocycles. The lowest BCUT2D eigenvalue weighted by atomic mass is 9.86. The molecule has 7 aromatic rings. The highest BCUT2D eigenvalue weighted by Gasteiger charge is 2.16. The number of fused-ring (bicyclic) bond motifs is 3. The summed E-state index contributed by atoms with van der Waals surface area (Å²) < 4.78 is 150. The van der Waals surface area contributed by atoms with E-state index in [1.54, 1.807) is 24.3 Å². The summed E-state index contributed by atoms with van der Waals surface area (Å²) in [4.78, 5) is 0. The highest BCUT2D eigenvalue weighted by molar-refractivity contribution is 6.21. The topological polar surface area (TPSA) is 0 Å². The van der Waals surface area contributed by atoms with Crippen LogP contribution in [0.15, 0.2) is 145 Å². The molecule has 0 radical (unpaired) electrons. The zero-order valence-electron chi connectivity index (χ0n) is 35.5. The van der Waals surface area contributed by atoms with E-state index in [9.17, 15) is 2.74 Å². The zero-order valence-corrected chi connectivity index (χ0v) is 18.5. The monoisotopic (exact) mass is 473 g/mol. The third-order valence-electron chi connectivity index (χ3n) is 6.04. The van der Waals surface area contributed by atoms with Gasteiger partial charge in [-0.15, -0.1) is 0 Å². The normalized spacial score (nSPS) is 17.9. The van der Waals surface area contributed by atoms with Crippen LogP contribution in [0.2, 0.25) is 0 Å². The van der Waals surface area contributed by atoms with Crippen molar-refractivity contribution in [3.05, 3.63) is 145 Å². The van der Waals surface area contributed by atoms with Gasteiger partial charge in [0.15, 0.2) is 0 Å². The van der Waals surface area contributed by atoms with Crippen molar-refractivity contribution in [2.24, 2.45) is 0 Å². The summed E-state index contributed by atoms with van der Waals surface area (Å²) in [6, 6.07) is -0.377. The zero-order chi connectivity index (χ0) is 38.7. The predicted molar refractivity (Wildman–Crippen MR) is 155 cm³/mol. The Bertz CT molecular complexity index is 2670. The van der Waals surface area contributed by atoms with E-state index in [0.29, 0.717) is 5.56 Å². The second-order valence-electron chi connectivity index (χ2n) is 8.06. The van der Waals surface area contributed by atoms with Crippen molar-refractivity contribution < 1.29 is 23.3 Å². The summed E-state index contributed by atoms with van der Waals surface area (Å²) in [5.74, 6) is 0. The van der Waals surface area contributed by atoms with Crippen LogP contribution < -0.4 is 0 Å². The molecule has 0 spiro atoms. The Morgan fingerprint density at radius 3 is 1.42 bits per heavy atom. The minimum atomic E-state index is -0.812. The summed E-state index contributed by atoms with van der Waals surface area (Å²) in [5, 5.41) is -0.360. The lowest BCUT2D eigenvalue weighted by Crippen LogP contribution is -1.90. The lowest BCUT2D eigenvalue weighted by molar-refractivity contribution is 1.62. The molecule has 0 aliphatic rings. The third kappa shape index (κ3) is 3.39. The first-order valence-electron chi connectivity index (χ1n) is 19.6. The Hall–Kier alpha value is -4.68. The molecule has 7 aromatic carbocycles. The number of rotatable bonds is 3. The fraction of sp³-hybridized carbons (Fsp3) is 0. The summed E-state index contributed by atoms with van der Waals surface area (Å²) in [5.41, 5.74) is -1.82. The summed E-state index contributed by atoms with van der Waals surface area (Å²) >= 11 is 0. The second-order valence-corrected chi connectivity index (χ2v) is 8.06. The highest BCUT2D eigenvalue weighted by atomic mass is 14.2. The van der Waals surface area contributed by atoms with Crippen LogP contribution in [0.4, 0.5) is 0 Å². The predicted octanol–water partition coefficient (Wildman–Crippen LogP) is 10.1. The van der Waals surface area contributed by atoms with Gasteiger partial charge >= 0.3 is 0 Å². The molecule has 36 heavy (non-hydrogen) atoms. The van der Waals surface area contributed by atoms with Crippen molar-refractivity contribution in [1.29, 1.82) is 0 Å². The average Bonchev–Trinajstić information content (AvgIpc) is 3.15. The van der Waals surface area contributed by atoms with E-state index in [2.05, 4.69) is 0 Å². The van der Waals surface area contributed by atoms with Crippen LogP contribution in [0.25, 0.3) is 65.7 Å². The molecule has 0 aromatic heterocycles. The minimum Gasteiger partial charge on any atom is -0.0622 e. The van der Waals surface area contributed by atoms with E-state index in [4.69, 9.17) is 20.6 Å². The standard InChI is InChI=1S/C36H24/c1-2-11-27(12-3-1)35-31-14-6-8-16-33(31)36(34-17-9-7-15-32(34)35)28-21-18-26(19-22-28)30-23-20-25-10-4-5-13-29(25)24-30/h1-24H/i1D,2D,3D,6D,7D,8D,9D,11D,12D,14D,15D,16D,17D,18D,19D,21D,22D. The Kier molecular flexibility index (Phi) is 2.31.